The van der Waals surface area contributed by atoms with Gasteiger partial charge in [0.1, 0.15) is 5.01 Å². The average Bonchev–Trinajstić information content (AvgIpc) is 3.18. The van der Waals surface area contributed by atoms with Crippen molar-refractivity contribution in [3.8, 4) is 10.6 Å². The smallest absolute Gasteiger partial charge is 0.234 e. The van der Waals surface area contributed by atoms with Gasteiger partial charge < -0.3 is 5.32 Å². The molecule has 2 heterocycles. The second kappa shape index (κ2) is 8.20. The lowest BCUT2D eigenvalue weighted by atomic mass is 10.2. The zero-order chi connectivity index (χ0) is 17.6. The van der Waals surface area contributed by atoms with Gasteiger partial charge in [-0.1, -0.05) is 50.2 Å². The van der Waals surface area contributed by atoms with Crippen LogP contribution >= 0.6 is 11.3 Å². The van der Waals surface area contributed by atoms with E-state index in [1.54, 1.807) is 0 Å². The number of benzene rings is 1. The van der Waals surface area contributed by atoms with E-state index in [0.29, 0.717) is 6.42 Å². The number of hydrogen-bond acceptors (Lipinski definition) is 5. The molecular formula is C18H23N5OS. The highest BCUT2D eigenvalue weighted by Crippen LogP contribution is 2.27. The fourth-order valence-corrected chi connectivity index (χ4v) is 3.50. The highest BCUT2D eigenvalue weighted by molar-refractivity contribution is 7.19. The lowest BCUT2D eigenvalue weighted by Gasteiger charge is -2.06. The number of carbonyl (C=O) groups is 1. The van der Waals surface area contributed by atoms with Crippen molar-refractivity contribution in [2.45, 2.75) is 52.4 Å². The summed E-state index contributed by atoms with van der Waals surface area (Å²) < 4.78 is 1.82. The summed E-state index contributed by atoms with van der Waals surface area (Å²) in [6.45, 7) is 4.24. The number of carbonyl (C=O) groups excluding carboxylic acids is 1. The molecule has 7 heteroatoms. The molecule has 0 aliphatic carbocycles. The molecule has 1 aromatic carbocycles. The molecule has 2 aromatic heterocycles. The van der Waals surface area contributed by atoms with Crippen molar-refractivity contribution in [2.24, 2.45) is 0 Å². The Morgan fingerprint density at radius 3 is 2.88 bits per heavy atom. The number of anilines is 1. The van der Waals surface area contributed by atoms with Gasteiger partial charge in [-0.05, 0) is 25.0 Å². The Kier molecular flexibility index (Phi) is 5.75. The summed E-state index contributed by atoms with van der Waals surface area (Å²) in [5.74, 6) is 0.953. The van der Waals surface area contributed by atoms with Crippen LogP contribution in [0.1, 0.15) is 51.8 Å². The Morgan fingerprint density at radius 1 is 1.20 bits per heavy atom. The first-order chi connectivity index (χ1) is 12.2. The predicted molar refractivity (Wildman–Crippen MR) is 101 cm³/mol. The van der Waals surface area contributed by atoms with Crippen LogP contribution in [-0.2, 0) is 11.2 Å². The number of nitrogens with zero attached hydrogens (tertiary/aromatic N) is 4. The van der Waals surface area contributed by atoms with Gasteiger partial charge in [0.05, 0.1) is 0 Å². The quantitative estimate of drug-likeness (QED) is 0.609. The molecule has 25 heavy (non-hydrogen) atoms. The fourth-order valence-electron chi connectivity index (χ4n) is 2.64. The highest BCUT2D eigenvalue weighted by Gasteiger charge is 2.13. The van der Waals surface area contributed by atoms with Gasteiger partial charge >= 0.3 is 0 Å². The fraction of sp³-hybridized carbons (Fsp3) is 0.444. The zero-order valence-electron chi connectivity index (χ0n) is 14.7. The third-order valence-corrected chi connectivity index (χ3v) is 4.88. The third kappa shape index (κ3) is 4.22. The van der Waals surface area contributed by atoms with Crippen LogP contribution in [0.15, 0.2) is 24.3 Å². The van der Waals surface area contributed by atoms with E-state index in [1.807, 2.05) is 28.8 Å². The Morgan fingerprint density at radius 2 is 2.08 bits per heavy atom. The molecule has 0 unspecified atom stereocenters. The minimum atomic E-state index is 0.0639. The Bertz CT molecular complexity index is 854. The molecule has 0 saturated carbocycles. The van der Waals surface area contributed by atoms with Crippen LogP contribution in [0.2, 0.25) is 0 Å². The van der Waals surface area contributed by atoms with Crippen LogP contribution in [0.5, 0.6) is 0 Å². The molecule has 3 rings (SSSR count). The van der Waals surface area contributed by atoms with Crippen LogP contribution in [0.4, 0.5) is 5.69 Å². The minimum Gasteiger partial charge on any atom is -0.326 e. The summed E-state index contributed by atoms with van der Waals surface area (Å²) in [6, 6.07) is 7.80. The van der Waals surface area contributed by atoms with Crippen molar-refractivity contribution in [3.63, 3.8) is 0 Å². The summed E-state index contributed by atoms with van der Waals surface area (Å²) >= 11 is 1.51. The molecule has 0 fully saturated rings. The summed E-state index contributed by atoms with van der Waals surface area (Å²) in [5.41, 5.74) is 1.78. The number of amides is 1. The number of aryl methyl sites for hydroxylation is 1. The van der Waals surface area contributed by atoms with Gasteiger partial charge in [-0.25, -0.2) is 0 Å². The lowest BCUT2D eigenvalue weighted by Crippen LogP contribution is -2.10. The molecule has 0 bridgehead atoms. The number of unbranched alkanes of at least 4 members (excludes halogenated alkanes) is 2. The topological polar surface area (TPSA) is 72.2 Å². The van der Waals surface area contributed by atoms with Gasteiger partial charge in [0.2, 0.25) is 10.9 Å². The first-order valence-corrected chi connectivity index (χ1v) is 9.64. The molecular weight excluding hydrogens is 334 g/mol. The second-order valence-corrected chi connectivity index (χ2v) is 7.01. The molecule has 0 aliphatic rings. The van der Waals surface area contributed by atoms with E-state index in [-0.39, 0.29) is 5.91 Å². The van der Waals surface area contributed by atoms with Gasteiger partial charge in [-0.2, -0.15) is 9.61 Å². The van der Waals surface area contributed by atoms with Crippen LogP contribution in [0, 0.1) is 0 Å². The Balaban J connectivity index is 1.76. The molecule has 0 aliphatic heterocycles. The molecule has 1 N–H and O–H groups in total. The number of fused-ring (bicyclic) bond motifs is 1. The minimum absolute atomic E-state index is 0.0639. The molecule has 132 valence electrons. The average molecular weight is 357 g/mol. The number of aromatic nitrogens is 4. The molecule has 0 saturated heterocycles. The van der Waals surface area contributed by atoms with Crippen molar-refractivity contribution in [2.75, 3.05) is 5.32 Å². The molecule has 1 amide bonds. The Labute approximate surface area is 151 Å². The van der Waals surface area contributed by atoms with Gasteiger partial charge in [0.25, 0.3) is 0 Å². The van der Waals surface area contributed by atoms with Crippen LogP contribution in [-0.4, -0.2) is 25.7 Å². The van der Waals surface area contributed by atoms with E-state index < -0.39 is 0 Å². The van der Waals surface area contributed by atoms with Gasteiger partial charge in [-0.15, -0.1) is 10.2 Å². The van der Waals surface area contributed by atoms with E-state index >= 15 is 0 Å². The molecule has 0 spiro atoms. The van der Waals surface area contributed by atoms with Crippen LogP contribution in [0.25, 0.3) is 15.5 Å². The SMILES string of the molecule is CCCCCC(=O)Nc1cccc(-c2nn3c(CCC)nnc3s2)c1. The van der Waals surface area contributed by atoms with Crippen molar-refractivity contribution in [1.82, 2.24) is 19.8 Å². The highest BCUT2D eigenvalue weighted by atomic mass is 32.1. The normalized spacial score (nSPS) is 11.1. The second-order valence-electron chi connectivity index (χ2n) is 6.05. The van der Waals surface area contributed by atoms with E-state index in [4.69, 9.17) is 0 Å². The zero-order valence-corrected chi connectivity index (χ0v) is 15.5. The standard InChI is InChI=1S/C18H23N5OS/c1-3-5-6-11-16(24)19-14-10-7-9-13(12-14)17-22-23-15(8-4-2)20-21-18(23)25-17/h7,9-10,12H,3-6,8,11H2,1-2H3,(H,19,24). The summed E-state index contributed by atoms with van der Waals surface area (Å²) in [7, 11) is 0. The lowest BCUT2D eigenvalue weighted by molar-refractivity contribution is -0.116. The maximum atomic E-state index is 12.0. The largest absolute Gasteiger partial charge is 0.326 e. The molecule has 3 aromatic rings. The molecule has 0 atom stereocenters. The first kappa shape index (κ1) is 17.5. The summed E-state index contributed by atoms with van der Waals surface area (Å²) in [5, 5.41) is 16.9. The summed E-state index contributed by atoms with van der Waals surface area (Å²) in [4.78, 5) is 12.8. The van der Waals surface area contributed by atoms with E-state index in [0.717, 1.165) is 59.1 Å². The maximum absolute atomic E-state index is 12.0. The van der Waals surface area contributed by atoms with E-state index in [2.05, 4.69) is 34.5 Å². The van der Waals surface area contributed by atoms with Crippen molar-refractivity contribution < 1.29 is 4.79 Å². The molecule has 0 radical (unpaired) electrons. The van der Waals surface area contributed by atoms with E-state index in [9.17, 15) is 4.79 Å². The van der Waals surface area contributed by atoms with Gasteiger partial charge in [-0.3, -0.25) is 4.79 Å². The van der Waals surface area contributed by atoms with Crippen molar-refractivity contribution >= 4 is 27.9 Å². The number of hydrogen-bond donors (Lipinski definition) is 1. The van der Waals surface area contributed by atoms with Crippen LogP contribution in [0.3, 0.4) is 0 Å². The number of rotatable bonds is 8. The van der Waals surface area contributed by atoms with Gasteiger partial charge in [0, 0.05) is 24.1 Å². The monoisotopic (exact) mass is 357 g/mol. The maximum Gasteiger partial charge on any atom is 0.234 e. The van der Waals surface area contributed by atoms with E-state index in [1.165, 1.54) is 11.3 Å². The van der Waals surface area contributed by atoms with Gasteiger partial charge in [0.15, 0.2) is 5.82 Å². The summed E-state index contributed by atoms with van der Waals surface area (Å²) in [6.07, 6.45) is 5.56. The van der Waals surface area contributed by atoms with Crippen LogP contribution < -0.4 is 5.32 Å². The van der Waals surface area contributed by atoms with Crippen molar-refractivity contribution in [1.29, 1.82) is 0 Å². The number of nitrogens with one attached hydrogen (secondary N) is 1. The third-order valence-electron chi connectivity index (χ3n) is 3.93. The first-order valence-electron chi connectivity index (χ1n) is 8.82. The van der Waals surface area contributed by atoms with Crippen molar-refractivity contribution in [3.05, 3.63) is 30.1 Å². The Hall–Kier alpha value is -2.28. The predicted octanol–water partition coefficient (Wildman–Crippen LogP) is 4.32. The molecule has 6 nitrogen and oxygen atoms in total.